The summed E-state index contributed by atoms with van der Waals surface area (Å²) in [5.41, 5.74) is 6.12. The first kappa shape index (κ1) is 18.0. The van der Waals surface area contributed by atoms with E-state index in [2.05, 4.69) is 50.1 Å². The van der Waals surface area contributed by atoms with Gasteiger partial charge in [0.1, 0.15) is 5.69 Å². The number of hydrogen-bond donors (Lipinski definition) is 1. The molecule has 0 spiro atoms. The molecule has 0 saturated heterocycles. The van der Waals surface area contributed by atoms with Crippen molar-refractivity contribution >= 4 is 17.3 Å². The number of nitrogens with zero attached hydrogens (tertiary/aromatic N) is 2. The predicted octanol–water partition coefficient (Wildman–Crippen LogP) is 4.62. The molecule has 128 valence electrons. The Labute approximate surface area is 144 Å². The van der Waals surface area contributed by atoms with Crippen molar-refractivity contribution in [2.24, 2.45) is 0 Å². The Hall–Kier alpha value is -2.36. The van der Waals surface area contributed by atoms with Gasteiger partial charge >= 0.3 is 0 Å². The van der Waals surface area contributed by atoms with Gasteiger partial charge in [-0.15, -0.1) is 0 Å². The Morgan fingerprint density at radius 1 is 1.17 bits per heavy atom. The van der Waals surface area contributed by atoms with Crippen molar-refractivity contribution in [3.05, 3.63) is 52.8 Å². The van der Waals surface area contributed by atoms with Crippen molar-refractivity contribution in [3.8, 4) is 0 Å². The third kappa shape index (κ3) is 4.34. The lowest BCUT2D eigenvalue weighted by molar-refractivity contribution is 0.0787. The summed E-state index contributed by atoms with van der Waals surface area (Å²) < 4.78 is 0. The van der Waals surface area contributed by atoms with Crippen LogP contribution in [-0.2, 0) is 0 Å². The number of benzene rings is 1. The van der Waals surface area contributed by atoms with Crippen molar-refractivity contribution in [1.82, 2.24) is 9.88 Å². The molecular weight excluding hydrogens is 298 g/mol. The van der Waals surface area contributed by atoms with Crippen LogP contribution in [0.5, 0.6) is 0 Å². The number of nitrogens with one attached hydrogen (secondary N) is 1. The molecule has 1 heterocycles. The number of carbonyl (C=O) groups is 1. The molecule has 0 bridgehead atoms. The molecule has 0 fully saturated rings. The Bertz CT molecular complexity index is 684. The van der Waals surface area contributed by atoms with E-state index in [1.807, 2.05) is 13.1 Å². The van der Waals surface area contributed by atoms with Gasteiger partial charge in [-0.2, -0.15) is 0 Å². The van der Waals surface area contributed by atoms with E-state index < -0.39 is 0 Å². The van der Waals surface area contributed by atoms with Crippen LogP contribution in [0, 0.1) is 20.8 Å². The Kier molecular flexibility index (Phi) is 5.96. The minimum atomic E-state index is -0.0299. The average Bonchev–Trinajstić information content (AvgIpc) is 2.55. The van der Waals surface area contributed by atoms with Gasteiger partial charge in [0.15, 0.2) is 0 Å². The zero-order chi connectivity index (χ0) is 17.7. The molecule has 1 aromatic carbocycles. The lowest BCUT2D eigenvalue weighted by Gasteiger charge is -2.17. The highest BCUT2D eigenvalue weighted by molar-refractivity contribution is 5.92. The van der Waals surface area contributed by atoms with Crippen molar-refractivity contribution in [1.29, 1.82) is 0 Å². The summed E-state index contributed by atoms with van der Waals surface area (Å²) in [4.78, 5) is 18.4. The molecule has 0 unspecified atom stereocenters. The standard InChI is InChI=1S/C20H27N3O/c1-6-7-10-23(5)20(24)18-9-8-17(13-21-18)22-19-15(3)11-14(2)12-16(19)4/h8-9,11-13,22H,6-7,10H2,1-5H3. The Balaban J connectivity index is 2.11. The number of pyridine rings is 1. The molecule has 4 heteroatoms. The zero-order valence-electron chi connectivity index (χ0n) is 15.3. The average molecular weight is 325 g/mol. The van der Waals surface area contributed by atoms with Gasteiger partial charge in [0, 0.05) is 19.3 Å². The Morgan fingerprint density at radius 3 is 2.38 bits per heavy atom. The number of carbonyl (C=O) groups excluding carboxylic acids is 1. The summed E-state index contributed by atoms with van der Waals surface area (Å²) in [7, 11) is 1.82. The summed E-state index contributed by atoms with van der Waals surface area (Å²) in [6.07, 6.45) is 3.80. The number of aromatic nitrogens is 1. The minimum absolute atomic E-state index is 0.0299. The van der Waals surface area contributed by atoms with E-state index in [1.165, 1.54) is 16.7 Å². The lowest BCUT2D eigenvalue weighted by Crippen LogP contribution is -2.28. The lowest BCUT2D eigenvalue weighted by atomic mass is 10.0. The minimum Gasteiger partial charge on any atom is -0.354 e. The third-order valence-corrected chi connectivity index (χ3v) is 4.12. The van der Waals surface area contributed by atoms with Gasteiger partial charge in [-0.05, 0) is 50.5 Å². The van der Waals surface area contributed by atoms with Gasteiger partial charge in [-0.25, -0.2) is 4.98 Å². The van der Waals surface area contributed by atoms with E-state index in [1.54, 1.807) is 17.2 Å². The van der Waals surface area contributed by atoms with Gasteiger partial charge in [0.2, 0.25) is 0 Å². The number of hydrogen-bond acceptors (Lipinski definition) is 3. The van der Waals surface area contributed by atoms with Gasteiger partial charge in [0.25, 0.3) is 5.91 Å². The molecule has 0 atom stereocenters. The molecule has 2 aromatic rings. The molecule has 0 radical (unpaired) electrons. The van der Waals surface area contributed by atoms with E-state index in [0.717, 1.165) is 30.8 Å². The molecule has 4 nitrogen and oxygen atoms in total. The van der Waals surface area contributed by atoms with Crippen LogP contribution in [0.2, 0.25) is 0 Å². The van der Waals surface area contributed by atoms with E-state index in [0.29, 0.717) is 5.69 Å². The van der Waals surface area contributed by atoms with Crippen LogP contribution in [0.4, 0.5) is 11.4 Å². The fraction of sp³-hybridized carbons (Fsp3) is 0.400. The van der Waals surface area contributed by atoms with Crippen LogP contribution in [0.3, 0.4) is 0 Å². The molecule has 2 rings (SSSR count). The van der Waals surface area contributed by atoms with Crippen molar-refractivity contribution in [2.75, 3.05) is 18.9 Å². The maximum Gasteiger partial charge on any atom is 0.272 e. The van der Waals surface area contributed by atoms with Crippen LogP contribution < -0.4 is 5.32 Å². The largest absolute Gasteiger partial charge is 0.354 e. The highest BCUT2D eigenvalue weighted by atomic mass is 16.2. The first-order valence-electron chi connectivity index (χ1n) is 8.48. The second-order valence-corrected chi connectivity index (χ2v) is 6.41. The summed E-state index contributed by atoms with van der Waals surface area (Å²) in [5.74, 6) is -0.0299. The molecule has 0 aliphatic carbocycles. The molecule has 1 aromatic heterocycles. The summed E-state index contributed by atoms with van der Waals surface area (Å²) >= 11 is 0. The maximum absolute atomic E-state index is 12.3. The van der Waals surface area contributed by atoms with Crippen LogP contribution in [0.1, 0.15) is 46.9 Å². The van der Waals surface area contributed by atoms with Crippen molar-refractivity contribution < 1.29 is 4.79 Å². The first-order chi connectivity index (χ1) is 11.4. The van der Waals surface area contributed by atoms with Gasteiger partial charge in [-0.1, -0.05) is 31.0 Å². The summed E-state index contributed by atoms with van der Waals surface area (Å²) in [6, 6.07) is 8.01. The number of rotatable bonds is 6. The molecule has 24 heavy (non-hydrogen) atoms. The van der Waals surface area contributed by atoms with Crippen LogP contribution in [-0.4, -0.2) is 29.4 Å². The molecule has 1 N–H and O–H groups in total. The monoisotopic (exact) mass is 325 g/mol. The van der Waals surface area contributed by atoms with Crippen LogP contribution >= 0.6 is 0 Å². The van der Waals surface area contributed by atoms with Crippen molar-refractivity contribution in [3.63, 3.8) is 0 Å². The number of aryl methyl sites for hydroxylation is 3. The van der Waals surface area contributed by atoms with E-state index in [9.17, 15) is 4.79 Å². The first-order valence-corrected chi connectivity index (χ1v) is 8.48. The zero-order valence-corrected chi connectivity index (χ0v) is 15.3. The van der Waals surface area contributed by atoms with E-state index in [4.69, 9.17) is 0 Å². The molecule has 1 amide bonds. The SMILES string of the molecule is CCCCN(C)C(=O)c1ccc(Nc2c(C)cc(C)cc2C)cn1. The number of amides is 1. The second-order valence-electron chi connectivity index (χ2n) is 6.41. The highest BCUT2D eigenvalue weighted by Crippen LogP contribution is 2.25. The molecular formula is C20H27N3O. The molecule has 0 saturated carbocycles. The Morgan fingerprint density at radius 2 is 1.83 bits per heavy atom. The van der Waals surface area contributed by atoms with E-state index in [-0.39, 0.29) is 5.91 Å². The quantitative estimate of drug-likeness (QED) is 0.842. The van der Waals surface area contributed by atoms with Crippen LogP contribution in [0.15, 0.2) is 30.5 Å². The predicted molar refractivity (Wildman–Crippen MR) is 100 cm³/mol. The fourth-order valence-corrected chi connectivity index (χ4v) is 2.81. The third-order valence-electron chi connectivity index (χ3n) is 4.12. The smallest absolute Gasteiger partial charge is 0.272 e. The topological polar surface area (TPSA) is 45.2 Å². The number of anilines is 2. The highest BCUT2D eigenvalue weighted by Gasteiger charge is 2.12. The summed E-state index contributed by atoms with van der Waals surface area (Å²) in [5, 5.41) is 3.41. The van der Waals surface area contributed by atoms with Gasteiger partial charge in [-0.3, -0.25) is 4.79 Å². The maximum atomic E-state index is 12.3. The molecule has 0 aliphatic heterocycles. The molecule has 0 aliphatic rings. The number of unbranched alkanes of at least 4 members (excludes halogenated alkanes) is 1. The van der Waals surface area contributed by atoms with Gasteiger partial charge in [0.05, 0.1) is 11.9 Å². The fourth-order valence-electron chi connectivity index (χ4n) is 2.81. The van der Waals surface area contributed by atoms with Crippen molar-refractivity contribution in [2.45, 2.75) is 40.5 Å². The second kappa shape index (κ2) is 7.95. The van der Waals surface area contributed by atoms with Crippen LogP contribution in [0.25, 0.3) is 0 Å². The van der Waals surface area contributed by atoms with E-state index >= 15 is 0 Å². The normalized spacial score (nSPS) is 10.5. The van der Waals surface area contributed by atoms with Gasteiger partial charge < -0.3 is 10.2 Å². The summed E-state index contributed by atoms with van der Waals surface area (Å²) in [6.45, 7) is 9.17.